The van der Waals surface area contributed by atoms with Crippen LogP contribution in [0.3, 0.4) is 0 Å². The molecule has 3 atom stereocenters. The average Bonchev–Trinajstić information content (AvgIpc) is 3.04. The number of hydrogen-bond donors (Lipinski definition) is 0. The van der Waals surface area contributed by atoms with Crippen molar-refractivity contribution in [3.05, 3.63) is 35.4 Å². The van der Waals surface area contributed by atoms with Crippen molar-refractivity contribution in [2.45, 2.75) is 50.5 Å². The minimum absolute atomic E-state index is 0.354. The van der Waals surface area contributed by atoms with Crippen LogP contribution in [0.2, 0.25) is 0 Å². The lowest BCUT2D eigenvalue weighted by Gasteiger charge is -2.37. The summed E-state index contributed by atoms with van der Waals surface area (Å²) in [4.78, 5) is 14.7. The number of benzene rings is 1. The Labute approximate surface area is 121 Å². The molecule has 0 radical (unpaired) electrons. The van der Waals surface area contributed by atoms with E-state index in [0.29, 0.717) is 23.7 Å². The molecule has 20 heavy (non-hydrogen) atoms. The van der Waals surface area contributed by atoms with Gasteiger partial charge in [-0.1, -0.05) is 24.3 Å². The van der Waals surface area contributed by atoms with E-state index in [1.165, 1.54) is 37.9 Å². The van der Waals surface area contributed by atoms with Crippen molar-refractivity contribution in [2.24, 2.45) is 5.92 Å². The Hall–Kier alpha value is -1.15. The lowest BCUT2D eigenvalue weighted by Crippen LogP contribution is -2.41. The fraction of sp³-hybridized carbons (Fsp3) is 0.611. The van der Waals surface area contributed by atoms with Gasteiger partial charge in [-0.05, 0) is 49.8 Å². The number of carbonyl (C=O) groups excluding carboxylic acids is 1. The molecule has 2 fully saturated rings. The summed E-state index contributed by atoms with van der Waals surface area (Å²) < 4.78 is 0. The topological polar surface area (TPSA) is 20.3 Å². The molecule has 1 saturated carbocycles. The first-order valence-corrected chi connectivity index (χ1v) is 8.17. The quantitative estimate of drug-likeness (QED) is 0.840. The van der Waals surface area contributed by atoms with Gasteiger partial charge in [0.1, 0.15) is 5.78 Å². The Morgan fingerprint density at radius 1 is 1.15 bits per heavy atom. The number of likely N-dealkylation sites (tertiary alicyclic amines) is 1. The highest BCUT2D eigenvalue weighted by Gasteiger charge is 2.39. The van der Waals surface area contributed by atoms with Crippen LogP contribution < -0.4 is 0 Å². The molecule has 4 rings (SSSR count). The monoisotopic (exact) mass is 269 g/mol. The summed E-state index contributed by atoms with van der Waals surface area (Å²) >= 11 is 0. The number of nitrogens with zero attached hydrogens (tertiary/aromatic N) is 1. The second-order valence-electron chi connectivity index (χ2n) is 6.77. The highest BCUT2D eigenvalue weighted by molar-refractivity contribution is 5.83. The van der Waals surface area contributed by atoms with Crippen molar-refractivity contribution in [2.75, 3.05) is 13.1 Å². The molecular weight excluding hydrogens is 246 g/mol. The van der Waals surface area contributed by atoms with Crippen LogP contribution in [0.5, 0.6) is 0 Å². The van der Waals surface area contributed by atoms with E-state index < -0.39 is 0 Å². The first kappa shape index (κ1) is 12.6. The van der Waals surface area contributed by atoms with Gasteiger partial charge in [0.25, 0.3) is 0 Å². The summed E-state index contributed by atoms with van der Waals surface area (Å²) in [5.74, 6) is 1.60. The predicted molar refractivity (Wildman–Crippen MR) is 79.8 cm³/mol. The van der Waals surface area contributed by atoms with Crippen molar-refractivity contribution in [3.63, 3.8) is 0 Å². The molecule has 2 aliphatic carbocycles. The first-order valence-electron chi connectivity index (χ1n) is 8.17. The van der Waals surface area contributed by atoms with Gasteiger partial charge in [0, 0.05) is 30.8 Å². The van der Waals surface area contributed by atoms with Crippen molar-refractivity contribution in [1.29, 1.82) is 0 Å². The van der Waals surface area contributed by atoms with Crippen LogP contribution >= 0.6 is 0 Å². The minimum atomic E-state index is 0.354. The molecule has 3 unspecified atom stereocenters. The molecule has 2 heteroatoms. The number of hydrogen-bond acceptors (Lipinski definition) is 2. The van der Waals surface area contributed by atoms with Gasteiger partial charge in [-0.15, -0.1) is 0 Å². The lowest BCUT2D eigenvalue weighted by atomic mass is 9.77. The number of fused-ring (bicyclic) bond motifs is 1. The zero-order valence-corrected chi connectivity index (χ0v) is 12.1. The minimum Gasteiger partial charge on any atom is -0.299 e. The van der Waals surface area contributed by atoms with Crippen LogP contribution in [0.4, 0.5) is 0 Å². The van der Waals surface area contributed by atoms with E-state index in [9.17, 15) is 4.79 Å². The van der Waals surface area contributed by atoms with Crippen LogP contribution in [0.1, 0.15) is 49.1 Å². The van der Waals surface area contributed by atoms with Crippen molar-refractivity contribution in [1.82, 2.24) is 4.90 Å². The number of rotatable bonds is 3. The second-order valence-corrected chi connectivity index (χ2v) is 6.77. The Balaban J connectivity index is 1.45. The molecule has 1 aromatic carbocycles. The second kappa shape index (κ2) is 5.00. The molecule has 1 aromatic rings. The molecule has 106 valence electrons. The van der Waals surface area contributed by atoms with Gasteiger partial charge in [-0.3, -0.25) is 9.69 Å². The number of ketones is 1. The van der Waals surface area contributed by atoms with Gasteiger partial charge in [-0.2, -0.15) is 0 Å². The van der Waals surface area contributed by atoms with E-state index in [1.807, 2.05) is 0 Å². The summed E-state index contributed by atoms with van der Waals surface area (Å²) in [6, 6.07) is 9.40. The Morgan fingerprint density at radius 3 is 2.85 bits per heavy atom. The van der Waals surface area contributed by atoms with E-state index in [1.54, 1.807) is 5.56 Å². The van der Waals surface area contributed by atoms with E-state index in [0.717, 1.165) is 19.3 Å². The number of carbonyl (C=O) groups is 1. The Morgan fingerprint density at radius 2 is 2.05 bits per heavy atom. The first-order chi connectivity index (χ1) is 9.83. The van der Waals surface area contributed by atoms with Crippen LogP contribution in [0.15, 0.2) is 24.3 Å². The van der Waals surface area contributed by atoms with Gasteiger partial charge in [0.05, 0.1) is 0 Å². The highest BCUT2D eigenvalue weighted by atomic mass is 16.1. The van der Waals surface area contributed by atoms with E-state index in [2.05, 4.69) is 29.2 Å². The highest BCUT2D eigenvalue weighted by Crippen LogP contribution is 2.39. The summed E-state index contributed by atoms with van der Waals surface area (Å²) in [5.41, 5.74) is 3.08. The molecule has 1 aliphatic heterocycles. The molecule has 3 aliphatic rings. The van der Waals surface area contributed by atoms with Crippen molar-refractivity contribution in [3.8, 4) is 0 Å². The number of Topliss-reactive ketones (excluding diaryl/α,β-unsaturated/α-hetero) is 1. The molecule has 2 nitrogen and oxygen atoms in total. The van der Waals surface area contributed by atoms with Crippen LogP contribution in [-0.2, 0) is 11.2 Å². The standard InChI is InChI=1S/C18H23NO/c20-18-9-3-7-16(18)17-8-4-10-19(17)12-14-11-13-5-1-2-6-15(13)14/h1-2,5-6,14,16-17H,3-4,7-12H2. The van der Waals surface area contributed by atoms with Crippen molar-refractivity contribution >= 4 is 5.78 Å². The van der Waals surface area contributed by atoms with Crippen LogP contribution in [-0.4, -0.2) is 29.8 Å². The maximum Gasteiger partial charge on any atom is 0.137 e. The normalized spacial score (nSPS) is 33.2. The summed E-state index contributed by atoms with van der Waals surface area (Å²) in [6.45, 7) is 2.37. The summed E-state index contributed by atoms with van der Waals surface area (Å²) in [7, 11) is 0. The van der Waals surface area contributed by atoms with Gasteiger partial charge in [0.15, 0.2) is 0 Å². The van der Waals surface area contributed by atoms with E-state index in [4.69, 9.17) is 0 Å². The van der Waals surface area contributed by atoms with Gasteiger partial charge in [-0.25, -0.2) is 0 Å². The fourth-order valence-corrected chi connectivity index (χ4v) is 4.59. The molecule has 0 aromatic heterocycles. The smallest absolute Gasteiger partial charge is 0.137 e. The summed E-state index contributed by atoms with van der Waals surface area (Å²) in [5, 5.41) is 0. The predicted octanol–water partition coefficient (Wildman–Crippen LogP) is 3.16. The molecule has 1 saturated heterocycles. The molecule has 1 heterocycles. The zero-order valence-electron chi connectivity index (χ0n) is 12.1. The maximum absolute atomic E-state index is 12.0. The lowest BCUT2D eigenvalue weighted by molar-refractivity contribution is -0.122. The SMILES string of the molecule is O=C1CCCC1C1CCCN1CC1Cc2ccccc21. The van der Waals surface area contributed by atoms with Crippen molar-refractivity contribution < 1.29 is 4.79 Å². The third-order valence-corrected chi connectivity index (χ3v) is 5.65. The van der Waals surface area contributed by atoms with Gasteiger partial charge >= 0.3 is 0 Å². The third-order valence-electron chi connectivity index (χ3n) is 5.65. The molecule has 0 bridgehead atoms. The van der Waals surface area contributed by atoms with E-state index >= 15 is 0 Å². The molecule has 0 amide bonds. The molecular formula is C18H23NO. The Kier molecular flexibility index (Phi) is 3.14. The maximum atomic E-state index is 12.0. The Bertz CT molecular complexity index is 524. The van der Waals surface area contributed by atoms with Gasteiger partial charge in [0.2, 0.25) is 0 Å². The third kappa shape index (κ3) is 2.01. The molecule has 0 N–H and O–H groups in total. The largest absolute Gasteiger partial charge is 0.299 e. The molecule has 0 spiro atoms. The summed E-state index contributed by atoms with van der Waals surface area (Å²) in [6.07, 6.45) is 6.86. The fourth-order valence-electron chi connectivity index (χ4n) is 4.59. The zero-order chi connectivity index (χ0) is 13.5. The van der Waals surface area contributed by atoms with Crippen LogP contribution in [0, 0.1) is 5.92 Å². The average molecular weight is 269 g/mol. The van der Waals surface area contributed by atoms with Gasteiger partial charge < -0.3 is 0 Å². The van der Waals surface area contributed by atoms with Crippen LogP contribution in [0.25, 0.3) is 0 Å². The van der Waals surface area contributed by atoms with E-state index in [-0.39, 0.29) is 0 Å².